The zero-order valence-electron chi connectivity index (χ0n) is 8.73. The quantitative estimate of drug-likeness (QED) is 0.554. The summed E-state index contributed by atoms with van der Waals surface area (Å²) in [6.45, 7) is 2.09. The van der Waals surface area contributed by atoms with Crippen molar-refractivity contribution in [3.8, 4) is 0 Å². The molecule has 0 saturated carbocycles. The van der Waals surface area contributed by atoms with E-state index in [-0.39, 0.29) is 0 Å². The normalized spacial score (nSPS) is 11.3. The minimum atomic E-state index is 0.954. The van der Waals surface area contributed by atoms with Crippen LogP contribution in [0.5, 0.6) is 0 Å². The third-order valence-corrected chi connectivity index (χ3v) is 2.70. The molecule has 0 spiro atoms. The lowest BCUT2D eigenvalue weighted by Gasteiger charge is -2.02. The van der Waals surface area contributed by atoms with Gasteiger partial charge in [0.1, 0.15) is 5.52 Å². The SMILES string of the molecule is Cc1ccc2ncc3ncn(C)c3c2c1. The van der Waals surface area contributed by atoms with Crippen molar-refractivity contribution >= 4 is 21.9 Å². The van der Waals surface area contributed by atoms with Crippen molar-refractivity contribution in [2.75, 3.05) is 0 Å². The number of aromatic nitrogens is 3. The van der Waals surface area contributed by atoms with Crippen molar-refractivity contribution in [1.29, 1.82) is 0 Å². The zero-order chi connectivity index (χ0) is 10.4. The smallest absolute Gasteiger partial charge is 0.107 e. The maximum absolute atomic E-state index is 4.39. The lowest BCUT2D eigenvalue weighted by molar-refractivity contribution is 0.950. The van der Waals surface area contributed by atoms with E-state index in [1.807, 2.05) is 24.1 Å². The van der Waals surface area contributed by atoms with Crippen LogP contribution in [-0.4, -0.2) is 14.5 Å². The highest BCUT2D eigenvalue weighted by atomic mass is 15.0. The number of benzene rings is 1. The molecule has 0 saturated heterocycles. The van der Waals surface area contributed by atoms with Crippen LogP contribution in [0.2, 0.25) is 0 Å². The van der Waals surface area contributed by atoms with Gasteiger partial charge in [-0.1, -0.05) is 11.6 Å². The molecule has 0 unspecified atom stereocenters. The van der Waals surface area contributed by atoms with Crippen LogP contribution in [0.1, 0.15) is 5.56 Å². The minimum absolute atomic E-state index is 0.954. The molecule has 3 aromatic rings. The molecule has 3 rings (SSSR count). The molecule has 15 heavy (non-hydrogen) atoms. The molecule has 0 aliphatic rings. The van der Waals surface area contributed by atoms with Crippen molar-refractivity contribution in [2.45, 2.75) is 6.92 Å². The summed E-state index contributed by atoms with van der Waals surface area (Å²) in [5, 5.41) is 1.17. The fourth-order valence-corrected chi connectivity index (χ4v) is 1.95. The molecule has 2 heterocycles. The predicted molar refractivity (Wildman–Crippen MR) is 60.8 cm³/mol. The summed E-state index contributed by atoms with van der Waals surface area (Å²) in [7, 11) is 2.01. The number of nitrogens with zero attached hydrogens (tertiary/aromatic N) is 3. The Morgan fingerprint density at radius 2 is 2.00 bits per heavy atom. The van der Waals surface area contributed by atoms with Crippen molar-refractivity contribution in [3.05, 3.63) is 36.3 Å². The number of hydrogen-bond acceptors (Lipinski definition) is 2. The van der Waals surface area contributed by atoms with Gasteiger partial charge in [-0.15, -0.1) is 0 Å². The van der Waals surface area contributed by atoms with Gasteiger partial charge in [0.2, 0.25) is 0 Å². The first kappa shape index (κ1) is 8.41. The topological polar surface area (TPSA) is 30.7 Å². The third kappa shape index (κ3) is 1.13. The maximum Gasteiger partial charge on any atom is 0.107 e. The van der Waals surface area contributed by atoms with Crippen molar-refractivity contribution in [1.82, 2.24) is 14.5 Å². The van der Waals surface area contributed by atoms with Gasteiger partial charge in [-0.3, -0.25) is 4.98 Å². The molecule has 3 nitrogen and oxygen atoms in total. The lowest BCUT2D eigenvalue weighted by atomic mass is 10.1. The first-order valence-electron chi connectivity index (χ1n) is 4.92. The van der Waals surface area contributed by atoms with Crippen LogP contribution in [-0.2, 0) is 7.05 Å². The summed E-state index contributed by atoms with van der Waals surface area (Å²) in [5.74, 6) is 0. The van der Waals surface area contributed by atoms with Crippen molar-refractivity contribution in [2.24, 2.45) is 7.05 Å². The van der Waals surface area contributed by atoms with E-state index >= 15 is 0 Å². The van der Waals surface area contributed by atoms with Gasteiger partial charge in [0.15, 0.2) is 0 Å². The lowest BCUT2D eigenvalue weighted by Crippen LogP contribution is -1.88. The van der Waals surface area contributed by atoms with Crippen LogP contribution < -0.4 is 0 Å². The molecule has 0 amide bonds. The Balaban J connectivity index is 2.61. The molecule has 74 valence electrons. The van der Waals surface area contributed by atoms with Crippen LogP contribution in [0.4, 0.5) is 0 Å². The Labute approximate surface area is 87.4 Å². The highest BCUT2D eigenvalue weighted by Crippen LogP contribution is 2.22. The van der Waals surface area contributed by atoms with E-state index in [1.54, 1.807) is 0 Å². The molecule has 0 fully saturated rings. The largest absolute Gasteiger partial charge is 0.333 e. The fourth-order valence-electron chi connectivity index (χ4n) is 1.95. The van der Waals surface area contributed by atoms with Gasteiger partial charge in [-0.05, 0) is 19.1 Å². The van der Waals surface area contributed by atoms with E-state index in [2.05, 4.69) is 35.1 Å². The second kappa shape index (κ2) is 2.79. The molecular formula is C12H11N3. The van der Waals surface area contributed by atoms with Crippen LogP contribution in [0.3, 0.4) is 0 Å². The fraction of sp³-hybridized carbons (Fsp3) is 0.167. The van der Waals surface area contributed by atoms with Gasteiger partial charge in [-0.2, -0.15) is 0 Å². The monoisotopic (exact) mass is 197 g/mol. The second-order valence-electron chi connectivity index (χ2n) is 3.87. The van der Waals surface area contributed by atoms with E-state index in [9.17, 15) is 0 Å². The first-order valence-corrected chi connectivity index (χ1v) is 4.92. The summed E-state index contributed by atoms with van der Waals surface area (Å²) in [5.41, 5.74) is 4.38. The van der Waals surface area contributed by atoms with Crippen LogP contribution >= 0.6 is 0 Å². The van der Waals surface area contributed by atoms with Gasteiger partial charge in [0.05, 0.1) is 23.6 Å². The molecule has 0 radical (unpaired) electrons. The first-order chi connectivity index (χ1) is 7.25. The Morgan fingerprint density at radius 1 is 1.13 bits per heavy atom. The number of hydrogen-bond donors (Lipinski definition) is 0. The zero-order valence-corrected chi connectivity index (χ0v) is 8.73. The van der Waals surface area contributed by atoms with E-state index in [4.69, 9.17) is 0 Å². The predicted octanol–water partition coefficient (Wildman–Crippen LogP) is 2.43. The molecule has 0 atom stereocenters. The molecule has 1 aromatic carbocycles. The molecule has 0 aliphatic heterocycles. The number of fused-ring (bicyclic) bond motifs is 3. The van der Waals surface area contributed by atoms with Gasteiger partial charge in [0.25, 0.3) is 0 Å². The van der Waals surface area contributed by atoms with Gasteiger partial charge in [-0.25, -0.2) is 4.98 Å². The molecule has 0 aliphatic carbocycles. The minimum Gasteiger partial charge on any atom is -0.333 e. The summed E-state index contributed by atoms with van der Waals surface area (Å²) in [4.78, 5) is 8.69. The van der Waals surface area contributed by atoms with Crippen molar-refractivity contribution in [3.63, 3.8) is 0 Å². The van der Waals surface area contributed by atoms with E-state index in [0.717, 1.165) is 16.6 Å². The summed E-state index contributed by atoms with van der Waals surface area (Å²) in [6.07, 6.45) is 3.65. The summed E-state index contributed by atoms with van der Waals surface area (Å²) >= 11 is 0. The second-order valence-corrected chi connectivity index (χ2v) is 3.87. The average Bonchev–Trinajstić information content (AvgIpc) is 2.60. The Morgan fingerprint density at radius 3 is 2.87 bits per heavy atom. The molecule has 0 bridgehead atoms. The Bertz CT molecular complexity index is 652. The molecular weight excluding hydrogens is 186 g/mol. The molecule has 3 heteroatoms. The van der Waals surface area contributed by atoms with Crippen LogP contribution in [0, 0.1) is 6.92 Å². The highest BCUT2D eigenvalue weighted by molar-refractivity contribution is 6.02. The summed E-state index contributed by atoms with van der Waals surface area (Å²) < 4.78 is 2.04. The average molecular weight is 197 g/mol. The number of rotatable bonds is 0. The maximum atomic E-state index is 4.39. The standard InChI is InChI=1S/C12H11N3/c1-8-3-4-10-9(5-8)12-11(6-13-10)14-7-15(12)2/h3-7H,1-2H3. The van der Waals surface area contributed by atoms with Crippen LogP contribution in [0.25, 0.3) is 21.9 Å². The number of aryl methyl sites for hydroxylation is 2. The number of pyridine rings is 1. The number of imidazole rings is 1. The van der Waals surface area contributed by atoms with Gasteiger partial charge >= 0.3 is 0 Å². The molecule has 2 aromatic heterocycles. The third-order valence-electron chi connectivity index (χ3n) is 2.70. The van der Waals surface area contributed by atoms with Gasteiger partial charge in [0, 0.05) is 12.4 Å². The van der Waals surface area contributed by atoms with E-state index in [1.165, 1.54) is 10.9 Å². The Hall–Kier alpha value is -1.90. The van der Waals surface area contributed by atoms with E-state index in [0.29, 0.717) is 0 Å². The van der Waals surface area contributed by atoms with Crippen LogP contribution in [0.15, 0.2) is 30.7 Å². The Kier molecular flexibility index (Phi) is 1.57. The van der Waals surface area contributed by atoms with Gasteiger partial charge < -0.3 is 4.57 Å². The van der Waals surface area contributed by atoms with E-state index < -0.39 is 0 Å². The highest BCUT2D eigenvalue weighted by Gasteiger charge is 2.05. The summed E-state index contributed by atoms with van der Waals surface area (Å²) in [6, 6.07) is 6.29. The van der Waals surface area contributed by atoms with Crippen molar-refractivity contribution < 1.29 is 0 Å². The molecule has 0 N–H and O–H groups in total.